The Hall–Kier alpha value is -3.30. The maximum Gasteiger partial charge on any atom is 0.300 e. The largest absolute Gasteiger partial charge is 0.495 e. The Bertz CT molecular complexity index is 1290. The summed E-state index contributed by atoms with van der Waals surface area (Å²) in [6.45, 7) is 0. The predicted molar refractivity (Wildman–Crippen MR) is 116 cm³/mol. The van der Waals surface area contributed by atoms with Crippen molar-refractivity contribution in [2.24, 2.45) is 0 Å². The summed E-state index contributed by atoms with van der Waals surface area (Å²) >= 11 is 7.10. The second kappa shape index (κ2) is 8.60. The van der Waals surface area contributed by atoms with Crippen molar-refractivity contribution < 1.29 is 9.53 Å². The molecule has 2 aromatic carbocycles. The van der Waals surface area contributed by atoms with Crippen LogP contribution >= 0.6 is 23.4 Å². The van der Waals surface area contributed by atoms with Crippen molar-refractivity contribution in [3.63, 3.8) is 0 Å². The zero-order chi connectivity index (χ0) is 21.1. The summed E-state index contributed by atoms with van der Waals surface area (Å²) in [5.41, 5.74) is 1.02. The summed E-state index contributed by atoms with van der Waals surface area (Å²) in [7, 11) is 1.54. The molecule has 0 aliphatic heterocycles. The SMILES string of the molecule is COc1ccccc1-n1ccn2c(SCC(=O)Nc3cccc(Cl)c3)nnc2c1=O. The van der Waals surface area contributed by atoms with Crippen molar-refractivity contribution in [2.45, 2.75) is 5.16 Å². The number of methoxy groups -OCH3 is 1. The number of aromatic nitrogens is 4. The van der Waals surface area contributed by atoms with Gasteiger partial charge in [-0.05, 0) is 30.3 Å². The van der Waals surface area contributed by atoms with Gasteiger partial charge in [-0.15, -0.1) is 10.2 Å². The predicted octanol–water partition coefficient (Wildman–Crippen LogP) is 3.27. The maximum atomic E-state index is 12.9. The molecule has 4 rings (SSSR count). The molecule has 1 amide bonds. The van der Waals surface area contributed by atoms with Crippen molar-refractivity contribution in [3.8, 4) is 11.4 Å². The number of amides is 1. The molecule has 0 spiro atoms. The van der Waals surface area contributed by atoms with E-state index < -0.39 is 0 Å². The van der Waals surface area contributed by atoms with Crippen LogP contribution in [0, 0.1) is 0 Å². The number of fused-ring (bicyclic) bond motifs is 1. The minimum absolute atomic E-state index is 0.100. The highest BCUT2D eigenvalue weighted by Crippen LogP contribution is 2.22. The first kappa shape index (κ1) is 20.0. The summed E-state index contributed by atoms with van der Waals surface area (Å²) in [4.78, 5) is 25.1. The number of carbonyl (C=O) groups is 1. The van der Waals surface area contributed by atoms with Crippen LogP contribution in [0.3, 0.4) is 0 Å². The van der Waals surface area contributed by atoms with Crippen molar-refractivity contribution in [2.75, 3.05) is 18.2 Å². The molecule has 0 saturated heterocycles. The maximum absolute atomic E-state index is 12.9. The first-order valence-electron chi connectivity index (χ1n) is 8.85. The van der Waals surface area contributed by atoms with E-state index in [1.165, 1.54) is 16.3 Å². The van der Waals surface area contributed by atoms with E-state index in [2.05, 4.69) is 15.5 Å². The molecule has 4 aromatic rings. The van der Waals surface area contributed by atoms with Crippen LogP contribution in [0.25, 0.3) is 11.3 Å². The first-order chi connectivity index (χ1) is 14.6. The lowest BCUT2D eigenvalue weighted by Crippen LogP contribution is -2.20. The van der Waals surface area contributed by atoms with Gasteiger partial charge >= 0.3 is 5.56 Å². The van der Waals surface area contributed by atoms with E-state index >= 15 is 0 Å². The lowest BCUT2D eigenvalue weighted by molar-refractivity contribution is -0.113. The number of halogens is 1. The molecule has 2 aromatic heterocycles. The Balaban J connectivity index is 1.54. The Labute approximate surface area is 180 Å². The Kier molecular flexibility index (Phi) is 5.73. The van der Waals surface area contributed by atoms with Gasteiger partial charge in [-0.2, -0.15) is 0 Å². The molecule has 0 radical (unpaired) electrons. The minimum Gasteiger partial charge on any atom is -0.495 e. The van der Waals surface area contributed by atoms with Gasteiger partial charge in [0.25, 0.3) is 0 Å². The highest BCUT2D eigenvalue weighted by atomic mass is 35.5. The van der Waals surface area contributed by atoms with Crippen LogP contribution in [0.5, 0.6) is 5.75 Å². The number of para-hydroxylation sites is 2. The lowest BCUT2D eigenvalue weighted by Gasteiger charge is -2.10. The topological polar surface area (TPSA) is 90.5 Å². The van der Waals surface area contributed by atoms with Crippen LogP contribution < -0.4 is 15.6 Å². The first-order valence-corrected chi connectivity index (χ1v) is 10.2. The Morgan fingerprint density at radius 3 is 2.80 bits per heavy atom. The molecule has 8 nitrogen and oxygen atoms in total. The average molecular weight is 442 g/mol. The van der Waals surface area contributed by atoms with Crippen LogP contribution in [0.1, 0.15) is 0 Å². The monoisotopic (exact) mass is 441 g/mol. The van der Waals surface area contributed by atoms with Gasteiger partial charge in [0.05, 0.1) is 18.6 Å². The minimum atomic E-state index is -0.343. The van der Waals surface area contributed by atoms with Crippen LogP contribution in [0.4, 0.5) is 5.69 Å². The van der Waals surface area contributed by atoms with E-state index in [1.54, 1.807) is 60.3 Å². The molecule has 0 fully saturated rings. The molecule has 152 valence electrons. The summed E-state index contributed by atoms with van der Waals surface area (Å²) < 4.78 is 8.34. The molecular weight excluding hydrogens is 426 g/mol. The molecule has 0 aliphatic rings. The standard InChI is InChI=1S/C20H16ClN5O3S/c1-29-16-8-3-2-7-15(16)25-9-10-26-18(19(25)28)23-24-20(26)30-12-17(27)22-14-6-4-5-13(21)11-14/h2-11H,12H2,1H3,(H,22,27). The summed E-state index contributed by atoms with van der Waals surface area (Å²) in [5, 5.41) is 11.8. The molecular formula is C20H16ClN5O3S. The molecule has 0 aliphatic carbocycles. The van der Waals surface area contributed by atoms with Gasteiger partial charge < -0.3 is 10.1 Å². The second-order valence-corrected chi connectivity index (χ2v) is 7.55. The van der Waals surface area contributed by atoms with Gasteiger partial charge in [0.15, 0.2) is 5.16 Å². The fraction of sp³-hybridized carbons (Fsp3) is 0.100. The van der Waals surface area contributed by atoms with Crippen LogP contribution in [0.15, 0.2) is 70.9 Å². The highest BCUT2D eigenvalue weighted by Gasteiger charge is 2.15. The number of hydrogen-bond acceptors (Lipinski definition) is 6. The normalized spacial score (nSPS) is 10.9. The Morgan fingerprint density at radius 2 is 2.00 bits per heavy atom. The zero-order valence-electron chi connectivity index (χ0n) is 15.8. The van der Waals surface area contributed by atoms with Crippen molar-refractivity contribution in [1.82, 2.24) is 19.2 Å². The zero-order valence-corrected chi connectivity index (χ0v) is 17.4. The average Bonchev–Trinajstić information content (AvgIpc) is 3.16. The fourth-order valence-corrected chi connectivity index (χ4v) is 3.78. The van der Waals surface area contributed by atoms with Gasteiger partial charge in [-0.25, -0.2) is 0 Å². The third-order valence-corrected chi connectivity index (χ3v) is 5.40. The number of benzene rings is 2. The van der Waals surface area contributed by atoms with Gasteiger partial charge in [0.1, 0.15) is 5.75 Å². The molecule has 30 heavy (non-hydrogen) atoms. The molecule has 0 unspecified atom stereocenters. The Morgan fingerprint density at radius 1 is 1.17 bits per heavy atom. The third kappa shape index (κ3) is 4.03. The van der Waals surface area contributed by atoms with Crippen molar-refractivity contribution >= 4 is 40.6 Å². The van der Waals surface area contributed by atoms with E-state index in [-0.39, 0.29) is 22.9 Å². The molecule has 0 atom stereocenters. The summed E-state index contributed by atoms with van der Waals surface area (Å²) in [6, 6.07) is 14.1. The second-order valence-electron chi connectivity index (χ2n) is 6.17. The van der Waals surface area contributed by atoms with Crippen LogP contribution in [-0.4, -0.2) is 37.9 Å². The number of carbonyl (C=O) groups excluding carboxylic acids is 1. The number of rotatable bonds is 6. The quantitative estimate of drug-likeness (QED) is 0.462. The number of anilines is 1. The van der Waals surface area contributed by atoms with Gasteiger partial charge in [0.2, 0.25) is 11.6 Å². The van der Waals surface area contributed by atoms with E-state index in [0.717, 1.165) is 0 Å². The summed E-state index contributed by atoms with van der Waals surface area (Å²) in [6.07, 6.45) is 3.30. The van der Waals surface area contributed by atoms with Crippen LogP contribution in [0.2, 0.25) is 5.02 Å². The molecule has 10 heteroatoms. The number of ether oxygens (including phenoxy) is 1. The van der Waals surface area contributed by atoms with E-state index in [9.17, 15) is 9.59 Å². The number of hydrogen-bond donors (Lipinski definition) is 1. The molecule has 0 saturated carbocycles. The number of nitrogens with zero attached hydrogens (tertiary/aromatic N) is 4. The van der Waals surface area contributed by atoms with Crippen molar-refractivity contribution in [3.05, 3.63) is 76.3 Å². The van der Waals surface area contributed by atoms with Gasteiger partial charge in [-0.3, -0.25) is 18.6 Å². The molecule has 0 bridgehead atoms. The fourth-order valence-electron chi connectivity index (χ4n) is 2.88. The smallest absolute Gasteiger partial charge is 0.300 e. The van der Waals surface area contributed by atoms with E-state index in [4.69, 9.17) is 16.3 Å². The van der Waals surface area contributed by atoms with Gasteiger partial charge in [-0.1, -0.05) is 41.6 Å². The highest BCUT2D eigenvalue weighted by molar-refractivity contribution is 7.99. The van der Waals surface area contributed by atoms with Gasteiger partial charge in [0, 0.05) is 23.1 Å². The molecule has 1 N–H and O–H groups in total. The number of nitrogens with one attached hydrogen (secondary N) is 1. The lowest BCUT2D eigenvalue weighted by atomic mass is 10.3. The molecule has 2 heterocycles. The number of thioether (sulfide) groups is 1. The third-order valence-electron chi connectivity index (χ3n) is 4.22. The summed E-state index contributed by atoms with van der Waals surface area (Å²) in [5.74, 6) is 0.445. The van der Waals surface area contributed by atoms with E-state index in [1.807, 2.05) is 12.1 Å². The van der Waals surface area contributed by atoms with Crippen LogP contribution in [-0.2, 0) is 4.79 Å². The van der Waals surface area contributed by atoms with E-state index in [0.29, 0.717) is 27.3 Å². The van der Waals surface area contributed by atoms with Crippen molar-refractivity contribution in [1.29, 1.82) is 0 Å².